The van der Waals surface area contributed by atoms with E-state index in [9.17, 15) is 4.79 Å². The number of rotatable bonds is 3. The largest absolute Gasteiger partial charge is 0.347 e. The summed E-state index contributed by atoms with van der Waals surface area (Å²) in [6.07, 6.45) is 4.64. The summed E-state index contributed by atoms with van der Waals surface area (Å²) < 4.78 is 0. The average Bonchev–Trinajstić information content (AvgIpc) is 2.79. The van der Waals surface area contributed by atoms with Crippen LogP contribution >= 0.6 is 0 Å². The Kier molecular flexibility index (Phi) is 5.21. The predicted octanol–water partition coefficient (Wildman–Crippen LogP) is -0.185. The lowest BCUT2D eigenvalue weighted by Crippen LogP contribution is -2.51. The van der Waals surface area contributed by atoms with Gasteiger partial charge in [0, 0.05) is 14.1 Å². The first kappa shape index (κ1) is 13.8. The third-order valence-electron chi connectivity index (χ3n) is 2.94. The number of nitrogens with zero attached hydrogens (tertiary/aromatic N) is 2. The van der Waals surface area contributed by atoms with Crippen LogP contribution in [0.15, 0.2) is 4.99 Å². The van der Waals surface area contributed by atoms with E-state index < -0.39 is 0 Å². The maximum absolute atomic E-state index is 11.7. The normalized spacial score (nSPS) is 18.9. The van der Waals surface area contributed by atoms with Crippen molar-refractivity contribution in [2.45, 2.75) is 44.7 Å². The molecule has 17 heavy (non-hydrogen) atoms. The van der Waals surface area contributed by atoms with Crippen molar-refractivity contribution in [2.24, 2.45) is 10.8 Å². The lowest BCUT2D eigenvalue weighted by molar-refractivity contribution is -0.130. The summed E-state index contributed by atoms with van der Waals surface area (Å²) >= 11 is 0. The van der Waals surface area contributed by atoms with Crippen LogP contribution in [0, 0.1) is 0 Å². The van der Waals surface area contributed by atoms with E-state index in [-0.39, 0.29) is 11.9 Å². The van der Waals surface area contributed by atoms with Crippen molar-refractivity contribution in [3.05, 3.63) is 0 Å². The lowest BCUT2D eigenvalue weighted by atomic mass is 10.3. The number of aliphatic imine (C=N–C) groups is 1. The van der Waals surface area contributed by atoms with Crippen LogP contribution in [-0.4, -0.2) is 42.9 Å². The van der Waals surface area contributed by atoms with Crippen molar-refractivity contribution >= 4 is 11.9 Å². The fourth-order valence-electron chi connectivity index (χ4n) is 1.99. The predicted molar refractivity (Wildman–Crippen MR) is 68.3 cm³/mol. The third-order valence-corrected chi connectivity index (χ3v) is 2.94. The van der Waals surface area contributed by atoms with Crippen LogP contribution in [0.25, 0.3) is 0 Å². The minimum absolute atomic E-state index is 0.000582. The van der Waals surface area contributed by atoms with Crippen LogP contribution in [0.1, 0.15) is 32.6 Å². The van der Waals surface area contributed by atoms with E-state index in [4.69, 9.17) is 5.84 Å². The van der Waals surface area contributed by atoms with E-state index in [0.29, 0.717) is 12.0 Å². The number of nitrogens with two attached hydrogens (primary N) is 1. The number of hydrogen-bond acceptors (Lipinski definition) is 3. The molecule has 1 rings (SSSR count). The molecule has 1 fully saturated rings. The number of guanidine groups is 1. The number of amides is 1. The Morgan fingerprint density at radius 2 is 2.00 bits per heavy atom. The first-order valence-electron chi connectivity index (χ1n) is 6.06. The highest BCUT2D eigenvalue weighted by Gasteiger charge is 2.18. The van der Waals surface area contributed by atoms with Gasteiger partial charge in [0.05, 0.1) is 6.04 Å². The maximum Gasteiger partial charge on any atom is 0.244 e. The number of carbonyl (C=O) groups excluding carboxylic acids is 1. The molecule has 0 heterocycles. The monoisotopic (exact) mass is 241 g/mol. The molecule has 1 aliphatic carbocycles. The highest BCUT2D eigenvalue weighted by molar-refractivity contribution is 5.88. The van der Waals surface area contributed by atoms with Crippen molar-refractivity contribution in [2.75, 3.05) is 14.1 Å². The number of likely N-dealkylation sites (N-methyl/N-ethyl adjacent to an activating group) is 1. The molecule has 0 aromatic heterocycles. The van der Waals surface area contributed by atoms with Crippen molar-refractivity contribution in [3.8, 4) is 0 Å². The highest BCUT2D eigenvalue weighted by Crippen LogP contribution is 2.20. The summed E-state index contributed by atoms with van der Waals surface area (Å²) in [7, 11) is 3.45. The van der Waals surface area contributed by atoms with E-state index in [2.05, 4.69) is 15.7 Å². The second kappa shape index (κ2) is 6.44. The molecule has 0 spiro atoms. The Morgan fingerprint density at radius 1 is 1.41 bits per heavy atom. The zero-order valence-electron chi connectivity index (χ0n) is 10.9. The summed E-state index contributed by atoms with van der Waals surface area (Å²) in [6, 6.07) is -0.00332. The molecule has 0 aliphatic heterocycles. The minimum atomic E-state index is -0.332. The Balaban J connectivity index is 2.53. The molecule has 4 N–H and O–H groups in total. The lowest BCUT2D eigenvalue weighted by Gasteiger charge is -2.20. The third kappa shape index (κ3) is 4.22. The van der Waals surface area contributed by atoms with Gasteiger partial charge >= 0.3 is 0 Å². The summed E-state index contributed by atoms with van der Waals surface area (Å²) in [6.45, 7) is 1.80. The second-order valence-electron chi connectivity index (χ2n) is 4.66. The number of hydrogen-bond donors (Lipinski definition) is 3. The van der Waals surface area contributed by atoms with E-state index in [0.717, 1.165) is 12.8 Å². The van der Waals surface area contributed by atoms with Crippen LogP contribution in [0.4, 0.5) is 0 Å². The molecule has 6 nitrogen and oxygen atoms in total. The van der Waals surface area contributed by atoms with Crippen molar-refractivity contribution in [1.29, 1.82) is 0 Å². The molecular formula is C11H23N5O. The zero-order chi connectivity index (χ0) is 12.8. The van der Waals surface area contributed by atoms with Crippen LogP contribution in [0.5, 0.6) is 0 Å². The van der Waals surface area contributed by atoms with Crippen molar-refractivity contribution < 1.29 is 4.79 Å². The van der Waals surface area contributed by atoms with Gasteiger partial charge in [0.1, 0.15) is 6.04 Å². The molecule has 0 aromatic carbocycles. The molecular weight excluding hydrogens is 218 g/mol. The van der Waals surface area contributed by atoms with Gasteiger partial charge in [-0.25, -0.2) is 10.8 Å². The molecule has 1 unspecified atom stereocenters. The standard InChI is InChI=1S/C11H23N5O/c1-8(10(17)16(2)3)13-11(15-12)14-9-6-4-5-7-9/h8-9H,4-7,12H2,1-3H3,(H2,13,14,15). The number of nitrogens with one attached hydrogen (secondary N) is 2. The summed E-state index contributed by atoms with van der Waals surface area (Å²) in [5.74, 6) is 5.91. The molecule has 1 atom stereocenters. The molecule has 1 aliphatic rings. The van der Waals surface area contributed by atoms with Gasteiger partial charge in [-0.15, -0.1) is 0 Å². The quantitative estimate of drug-likeness (QED) is 0.277. The minimum Gasteiger partial charge on any atom is -0.347 e. The van der Waals surface area contributed by atoms with E-state index >= 15 is 0 Å². The number of carbonyl (C=O) groups is 1. The van der Waals surface area contributed by atoms with E-state index in [1.165, 1.54) is 12.8 Å². The van der Waals surface area contributed by atoms with Gasteiger partial charge in [-0.05, 0) is 19.8 Å². The van der Waals surface area contributed by atoms with Crippen molar-refractivity contribution in [3.63, 3.8) is 0 Å². The zero-order valence-corrected chi connectivity index (χ0v) is 10.9. The summed E-state index contributed by atoms with van der Waals surface area (Å²) in [5, 5.41) is 3.00. The van der Waals surface area contributed by atoms with Gasteiger partial charge in [-0.2, -0.15) is 0 Å². The molecule has 0 radical (unpaired) electrons. The molecule has 6 heteroatoms. The fraction of sp³-hybridized carbons (Fsp3) is 0.818. The van der Waals surface area contributed by atoms with Crippen LogP contribution in [0.2, 0.25) is 0 Å². The first-order chi connectivity index (χ1) is 8.04. The maximum atomic E-state index is 11.7. The smallest absolute Gasteiger partial charge is 0.244 e. The molecule has 98 valence electrons. The van der Waals surface area contributed by atoms with Crippen LogP contribution < -0.4 is 16.6 Å². The summed E-state index contributed by atoms with van der Waals surface area (Å²) in [4.78, 5) is 17.7. The second-order valence-corrected chi connectivity index (χ2v) is 4.66. The van der Waals surface area contributed by atoms with Crippen LogP contribution in [-0.2, 0) is 4.79 Å². The van der Waals surface area contributed by atoms with E-state index in [1.807, 2.05) is 0 Å². The average molecular weight is 241 g/mol. The topological polar surface area (TPSA) is 82.7 Å². The van der Waals surface area contributed by atoms with Gasteiger partial charge in [0.15, 0.2) is 0 Å². The molecule has 1 amide bonds. The Hall–Kier alpha value is -1.30. The Morgan fingerprint density at radius 3 is 2.47 bits per heavy atom. The molecule has 0 aromatic rings. The van der Waals surface area contributed by atoms with E-state index in [1.54, 1.807) is 25.9 Å². The van der Waals surface area contributed by atoms with Crippen LogP contribution in [0.3, 0.4) is 0 Å². The SMILES string of the molecule is CC(NC(=NC1CCCC1)NN)C(=O)N(C)C. The fourth-order valence-corrected chi connectivity index (χ4v) is 1.99. The van der Waals surface area contributed by atoms with Gasteiger partial charge in [0.25, 0.3) is 0 Å². The van der Waals surface area contributed by atoms with Gasteiger partial charge in [-0.1, -0.05) is 12.8 Å². The first-order valence-corrected chi connectivity index (χ1v) is 6.06. The van der Waals surface area contributed by atoms with Gasteiger partial charge < -0.3 is 10.2 Å². The van der Waals surface area contributed by atoms with Gasteiger partial charge in [-0.3, -0.25) is 10.2 Å². The Labute approximate surface area is 103 Å². The highest BCUT2D eigenvalue weighted by atomic mass is 16.2. The number of hydrazine groups is 1. The van der Waals surface area contributed by atoms with Crippen molar-refractivity contribution in [1.82, 2.24) is 15.6 Å². The Bertz CT molecular complexity index is 284. The van der Waals surface area contributed by atoms with Gasteiger partial charge in [0.2, 0.25) is 11.9 Å². The molecule has 1 saturated carbocycles. The molecule has 0 bridgehead atoms. The molecule has 0 saturated heterocycles. The summed E-state index contributed by atoms with van der Waals surface area (Å²) in [5.41, 5.74) is 2.52.